The van der Waals surface area contributed by atoms with Gasteiger partial charge in [0.15, 0.2) is 0 Å². The summed E-state index contributed by atoms with van der Waals surface area (Å²) >= 11 is 6.07. The summed E-state index contributed by atoms with van der Waals surface area (Å²) in [6.45, 7) is 0. The van der Waals surface area contributed by atoms with Gasteiger partial charge in [0.2, 0.25) is 0 Å². The largest absolute Gasteiger partial charge is 0.307 e. The van der Waals surface area contributed by atoms with Crippen LogP contribution in [0.4, 0.5) is 0 Å². The van der Waals surface area contributed by atoms with Crippen LogP contribution in [0.15, 0.2) is 30.4 Å². The highest BCUT2D eigenvalue weighted by atomic mass is 35.5. The molecule has 0 saturated carbocycles. The summed E-state index contributed by atoms with van der Waals surface area (Å²) in [5.74, 6) is 0. The van der Waals surface area contributed by atoms with Crippen LogP contribution in [-0.2, 0) is 6.42 Å². The van der Waals surface area contributed by atoms with E-state index in [9.17, 15) is 0 Å². The smallest absolute Gasteiger partial charge is 0.0409 e. The van der Waals surface area contributed by atoms with Crippen molar-refractivity contribution >= 4 is 11.6 Å². The van der Waals surface area contributed by atoms with Gasteiger partial charge in [0.05, 0.1) is 0 Å². The molecular formula is C14H16ClN. The third kappa shape index (κ3) is 1.90. The fraction of sp³-hybridized carbons (Fsp3) is 0.429. The van der Waals surface area contributed by atoms with Crippen LogP contribution in [0.2, 0.25) is 5.02 Å². The van der Waals surface area contributed by atoms with Crippen molar-refractivity contribution < 1.29 is 0 Å². The number of fused-ring (bicyclic) bond motifs is 1. The van der Waals surface area contributed by atoms with E-state index in [1.807, 2.05) is 6.07 Å². The molecule has 2 heteroatoms. The molecule has 1 atom stereocenters. The Morgan fingerprint density at radius 3 is 2.81 bits per heavy atom. The summed E-state index contributed by atoms with van der Waals surface area (Å²) in [6.07, 6.45) is 9.28. The highest BCUT2D eigenvalue weighted by molar-refractivity contribution is 6.30. The Labute approximate surface area is 102 Å². The van der Waals surface area contributed by atoms with E-state index in [0.717, 1.165) is 5.02 Å². The molecule has 1 aromatic carbocycles. The van der Waals surface area contributed by atoms with Crippen molar-refractivity contribution in [3.8, 4) is 0 Å². The molecule has 1 nitrogen and oxygen atoms in total. The minimum Gasteiger partial charge on any atom is -0.307 e. The van der Waals surface area contributed by atoms with Crippen molar-refractivity contribution in [1.29, 1.82) is 0 Å². The van der Waals surface area contributed by atoms with E-state index in [1.54, 1.807) is 0 Å². The molecule has 0 saturated heterocycles. The zero-order valence-corrected chi connectivity index (χ0v) is 10.0. The van der Waals surface area contributed by atoms with Crippen molar-refractivity contribution in [3.05, 3.63) is 46.5 Å². The Bertz CT molecular complexity index is 417. The number of hydrogen-bond acceptors (Lipinski definition) is 1. The Kier molecular flexibility index (Phi) is 2.74. The van der Waals surface area contributed by atoms with Crippen LogP contribution < -0.4 is 5.32 Å². The SMILES string of the molecule is Clc1ccc2c(c1)C(NC1CC=CC1)CC2. The molecule has 0 bridgehead atoms. The molecule has 0 spiro atoms. The molecule has 0 aliphatic heterocycles. The number of halogens is 1. The maximum atomic E-state index is 6.07. The molecule has 0 amide bonds. The molecule has 0 radical (unpaired) electrons. The molecule has 2 aliphatic carbocycles. The van der Waals surface area contributed by atoms with Gasteiger partial charge in [-0.05, 0) is 48.9 Å². The topological polar surface area (TPSA) is 12.0 Å². The van der Waals surface area contributed by atoms with E-state index in [0.29, 0.717) is 12.1 Å². The fourth-order valence-corrected chi connectivity index (χ4v) is 2.96. The lowest BCUT2D eigenvalue weighted by atomic mass is 10.1. The minimum absolute atomic E-state index is 0.513. The summed E-state index contributed by atoms with van der Waals surface area (Å²) < 4.78 is 0. The number of aryl methyl sites for hydroxylation is 1. The highest BCUT2D eigenvalue weighted by Gasteiger charge is 2.24. The van der Waals surface area contributed by atoms with Crippen LogP contribution in [0, 0.1) is 0 Å². The van der Waals surface area contributed by atoms with E-state index in [-0.39, 0.29) is 0 Å². The second-order valence-electron chi connectivity index (χ2n) is 4.74. The summed E-state index contributed by atoms with van der Waals surface area (Å²) in [7, 11) is 0. The summed E-state index contributed by atoms with van der Waals surface area (Å²) in [6, 6.07) is 7.45. The maximum Gasteiger partial charge on any atom is 0.0409 e. The Morgan fingerprint density at radius 2 is 2.00 bits per heavy atom. The van der Waals surface area contributed by atoms with Crippen molar-refractivity contribution in [2.75, 3.05) is 0 Å². The van der Waals surface area contributed by atoms with Gasteiger partial charge in [0.25, 0.3) is 0 Å². The molecule has 3 rings (SSSR count). The van der Waals surface area contributed by atoms with Crippen molar-refractivity contribution in [3.63, 3.8) is 0 Å². The first-order valence-electron chi connectivity index (χ1n) is 6.02. The number of benzene rings is 1. The predicted molar refractivity (Wildman–Crippen MR) is 67.8 cm³/mol. The predicted octanol–water partition coefficient (Wildman–Crippen LogP) is 3.64. The summed E-state index contributed by atoms with van der Waals surface area (Å²) in [4.78, 5) is 0. The van der Waals surface area contributed by atoms with Crippen LogP contribution in [0.5, 0.6) is 0 Å². The standard InChI is InChI=1S/C14H16ClN/c15-11-7-5-10-6-8-14(13(10)9-11)16-12-3-1-2-4-12/h1-2,5,7,9,12,14,16H,3-4,6,8H2. The van der Waals surface area contributed by atoms with Gasteiger partial charge in [-0.25, -0.2) is 0 Å². The van der Waals surface area contributed by atoms with Crippen LogP contribution in [-0.4, -0.2) is 6.04 Å². The van der Waals surface area contributed by atoms with Gasteiger partial charge in [0.1, 0.15) is 0 Å². The second-order valence-corrected chi connectivity index (χ2v) is 5.18. The first-order valence-corrected chi connectivity index (χ1v) is 6.40. The molecule has 0 aromatic heterocycles. The van der Waals surface area contributed by atoms with Crippen molar-refractivity contribution in [1.82, 2.24) is 5.32 Å². The number of rotatable bonds is 2. The molecule has 0 fully saturated rings. The zero-order chi connectivity index (χ0) is 11.0. The normalized spacial score (nSPS) is 23.9. The quantitative estimate of drug-likeness (QED) is 0.770. The Balaban J connectivity index is 1.77. The van der Waals surface area contributed by atoms with Gasteiger partial charge < -0.3 is 5.32 Å². The van der Waals surface area contributed by atoms with Gasteiger partial charge in [-0.15, -0.1) is 0 Å². The zero-order valence-electron chi connectivity index (χ0n) is 9.25. The summed E-state index contributed by atoms with van der Waals surface area (Å²) in [5, 5.41) is 4.60. The van der Waals surface area contributed by atoms with Crippen LogP contribution in [0.1, 0.15) is 36.4 Å². The van der Waals surface area contributed by atoms with E-state index in [4.69, 9.17) is 11.6 Å². The number of nitrogens with one attached hydrogen (secondary N) is 1. The van der Waals surface area contributed by atoms with Crippen LogP contribution in [0.25, 0.3) is 0 Å². The molecule has 1 unspecified atom stereocenters. The molecule has 1 aromatic rings. The first-order chi connectivity index (χ1) is 7.83. The van der Waals surface area contributed by atoms with E-state index in [2.05, 4.69) is 29.6 Å². The first kappa shape index (κ1) is 10.4. The molecule has 1 N–H and O–H groups in total. The lowest BCUT2D eigenvalue weighted by Gasteiger charge is -2.19. The van der Waals surface area contributed by atoms with E-state index >= 15 is 0 Å². The van der Waals surface area contributed by atoms with E-state index in [1.165, 1.54) is 36.8 Å². The third-order valence-electron chi connectivity index (χ3n) is 3.63. The third-order valence-corrected chi connectivity index (χ3v) is 3.87. The van der Waals surface area contributed by atoms with Gasteiger partial charge in [-0.2, -0.15) is 0 Å². The molecule has 16 heavy (non-hydrogen) atoms. The number of hydrogen-bond donors (Lipinski definition) is 1. The monoisotopic (exact) mass is 233 g/mol. The molecule has 2 aliphatic rings. The van der Waals surface area contributed by atoms with Crippen molar-refractivity contribution in [2.45, 2.75) is 37.8 Å². The van der Waals surface area contributed by atoms with Gasteiger partial charge in [-0.3, -0.25) is 0 Å². The Hall–Kier alpha value is -0.790. The fourth-order valence-electron chi connectivity index (χ4n) is 2.78. The highest BCUT2D eigenvalue weighted by Crippen LogP contribution is 2.34. The average Bonchev–Trinajstić information content (AvgIpc) is 2.90. The molecule has 0 heterocycles. The van der Waals surface area contributed by atoms with Gasteiger partial charge >= 0.3 is 0 Å². The van der Waals surface area contributed by atoms with Gasteiger partial charge in [-0.1, -0.05) is 29.8 Å². The van der Waals surface area contributed by atoms with Crippen LogP contribution >= 0.6 is 11.6 Å². The van der Waals surface area contributed by atoms with E-state index < -0.39 is 0 Å². The van der Waals surface area contributed by atoms with Crippen LogP contribution in [0.3, 0.4) is 0 Å². The lowest BCUT2D eigenvalue weighted by Crippen LogP contribution is -2.29. The molecule has 84 valence electrons. The average molecular weight is 234 g/mol. The molecular weight excluding hydrogens is 218 g/mol. The lowest BCUT2D eigenvalue weighted by molar-refractivity contribution is 0.446. The van der Waals surface area contributed by atoms with Gasteiger partial charge in [0, 0.05) is 17.1 Å². The summed E-state index contributed by atoms with van der Waals surface area (Å²) in [5.41, 5.74) is 2.88. The minimum atomic E-state index is 0.513. The maximum absolute atomic E-state index is 6.07. The van der Waals surface area contributed by atoms with Crippen molar-refractivity contribution in [2.24, 2.45) is 0 Å². The second kappa shape index (κ2) is 4.23. The Morgan fingerprint density at radius 1 is 1.19 bits per heavy atom.